The summed E-state index contributed by atoms with van der Waals surface area (Å²) in [7, 11) is 1.75. The lowest BCUT2D eigenvalue weighted by molar-refractivity contribution is -0.0174. The van der Waals surface area contributed by atoms with E-state index in [1.54, 1.807) is 19.2 Å². The number of nitrogens with zero attached hydrogens (tertiary/aromatic N) is 2. The number of halogens is 2. The predicted octanol–water partition coefficient (Wildman–Crippen LogP) is 2.49. The Balaban J connectivity index is 0.00000364. The highest BCUT2D eigenvalue weighted by Crippen LogP contribution is 2.13. The molecule has 3 atom stereocenters. The number of benzene rings is 1. The lowest BCUT2D eigenvalue weighted by atomic mass is 10.2. The van der Waals surface area contributed by atoms with Crippen molar-refractivity contribution >= 4 is 29.9 Å². The number of guanidine groups is 1. The maximum atomic E-state index is 13.2. The van der Waals surface area contributed by atoms with Crippen molar-refractivity contribution in [3.05, 3.63) is 30.1 Å². The molecule has 0 radical (unpaired) electrons. The van der Waals surface area contributed by atoms with Gasteiger partial charge in [0.2, 0.25) is 0 Å². The van der Waals surface area contributed by atoms with Gasteiger partial charge >= 0.3 is 0 Å². The first-order valence-corrected chi connectivity index (χ1v) is 9.19. The molecule has 1 heterocycles. The molecule has 0 amide bonds. The molecule has 0 aliphatic carbocycles. The van der Waals surface area contributed by atoms with E-state index in [1.807, 2.05) is 6.92 Å². The highest BCUT2D eigenvalue weighted by molar-refractivity contribution is 14.0. The second kappa shape index (κ2) is 12.4. The van der Waals surface area contributed by atoms with Gasteiger partial charge in [-0.05, 0) is 32.9 Å². The Kier molecular flexibility index (Phi) is 10.9. The first-order valence-electron chi connectivity index (χ1n) is 9.19. The van der Waals surface area contributed by atoms with Crippen LogP contribution < -0.4 is 15.4 Å². The number of hydrogen-bond acceptors (Lipinski definition) is 4. The van der Waals surface area contributed by atoms with Gasteiger partial charge in [-0.15, -0.1) is 24.0 Å². The Morgan fingerprint density at radius 3 is 2.78 bits per heavy atom. The summed E-state index contributed by atoms with van der Waals surface area (Å²) >= 11 is 0. The third-order valence-electron chi connectivity index (χ3n) is 4.46. The minimum Gasteiger partial charge on any atom is -0.489 e. The van der Waals surface area contributed by atoms with Crippen LogP contribution in [0.4, 0.5) is 4.39 Å². The van der Waals surface area contributed by atoms with Gasteiger partial charge in [0, 0.05) is 38.3 Å². The van der Waals surface area contributed by atoms with Crippen molar-refractivity contribution in [3.63, 3.8) is 0 Å². The molecule has 1 aliphatic rings. The van der Waals surface area contributed by atoms with E-state index in [1.165, 1.54) is 12.1 Å². The topological polar surface area (TPSA) is 58.1 Å². The van der Waals surface area contributed by atoms with Gasteiger partial charge in [0.15, 0.2) is 5.96 Å². The van der Waals surface area contributed by atoms with Crippen LogP contribution >= 0.6 is 24.0 Å². The lowest BCUT2D eigenvalue weighted by Crippen LogP contribution is -2.53. The van der Waals surface area contributed by atoms with Crippen LogP contribution in [0.5, 0.6) is 5.75 Å². The van der Waals surface area contributed by atoms with E-state index in [0.29, 0.717) is 24.4 Å². The predicted molar refractivity (Wildman–Crippen MR) is 118 cm³/mol. The van der Waals surface area contributed by atoms with Crippen molar-refractivity contribution in [2.45, 2.75) is 39.0 Å². The van der Waals surface area contributed by atoms with Gasteiger partial charge in [-0.2, -0.15) is 0 Å². The molecular formula is C19H32FIN4O2. The Bertz CT molecular complexity index is 591. The lowest BCUT2D eigenvalue weighted by Gasteiger charge is -2.38. The minimum absolute atomic E-state index is 0. The summed E-state index contributed by atoms with van der Waals surface area (Å²) in [6.07, 6.45) is -0.118. The van der Waals surface area contributed by atoms with Gasteiger partial charge in [-0.3, -0.25) is 9.89 Å². The van der Waals surface area contributed by atoms with Gasteiger partial charge in [0.1, 0.15) is 17.7 Å². The molecule has 27 heavy (non-hydrogen) atoms. The molecular weight excluding hydrogens is 462 g/mol. The van der Waals surface area contributed by atoms with Crippen LogP contribution in [0.25, 0.3) is 0 Å². The van der Waals surface area contributed by atoms with Crippen LogP contribution in [-0.4, -0.2) is 68.9 Å². The second-order valence-electron chi connectivity index (χ2n) is 6.73. The van der Waals surface area contributed by atoms with E-state index in [-0.39, 0.29) is 35.9 Å². The summed E-state index contributed by atoms with van der Waals surface area (Å²) in [5.41, 5.74) is 0. The summed E-state index contributed by atoms with van der Waals surface area (Å²) in [4.78, 5) is 6.70. The van der Waals surface area contributed by atoms with Crippen molar-refractivity contribution in [3.8, 4) is 5.75 Å². The molecule has 0 spiro atoms. The molecule has 8 heteroatoms. The molecule has 154 valence electrons. The van der Waals surface area contributed by atoms with Crippen LogP contribution in [0.3, 0.4) is 0 Å². The van der Waals surface area contributed by atoms with Crippen molar-refractivity contribution in [1.82, 2.24) is 15.5 Å². The number of aliphatic imine (C=N–C) groups is 1. The van der Waals surface area contributed by atoms with Gasteiger partial charge in [-0.1, -0.05) is 6.07 Å². The fourth-order valence-electron chi connectivity index (χ4n) is 3.03. The normalized spacial score (nSPS) is 20.3. The zero-order valence-corrected chi connectivity index (χ0v) is 18.9. The Labute approximate surface area is 178 Å². The quantitative estimate of drug-likeness (QED) is 0.347. The first-order chi connectivity index (χ1) is 12.5. The number of rotatable bonds is 7. The molecule has 1 aliphatic heterocycles. The number of ether oxygens (including phenoxy) is 2. The molecule has 1 fully saturated rings. The van der Waals surface area contributed by atoms with Crippen LogP contribution in [0.1, 0.15) is 20.8 Å². The van der Waals surface area contributed by atoms with Gasteiger partial charge in [0.05, 0.1) is 19.8 Å². The summed E-state index contributed by atoms with van der Waals surface area (Å²) in [5.74, 6) is 0.955. The average Bonchev–Trinajstić information content (AvgIpc) is 2.62. The van der Waals surface area contributed by atoms with Crippen molar-refractivity contribution in [2.75, 3.05) is 39.9 Å². The third kappa shape index (κ3) is 8.18. The molecule has 1 aromatic carbocycles. The van der Waals surface area contributed by atoms with E-state index in [4.69, 9.17) is 9.47 Å². The zero-order chi connectivity index (χ0) is 18.9. The molecule has 0 bridgehead atoms. The summed E-state index contributed by atoms with van der Waals surface area (Å²) in [6.45, 7) is 10.2. The highest BCUT2D eigenvalue weighted by Gasteiger charge is 2.23. The van der Waals surface area contributed by atoms with Gasteiger partial charge < -0.3 is 20.1 Å². The molecule has 2 rings (SSSR count). The van der Waals surface area contributed by atoms with Crippen LogP contribution in [0.2, 0.25) is 0 Å². The molecule has 1 aromatic rings. The molecule has 1 saturated heterocycles. The first kappa shape index (κ1) is 23.9. The molecule has 3 unspecified atom stereocenters. The third-order valence-corrected chi connectivity index (χ3v) is 4.46. The molecule has 0 aromatic heterocycles. The van der Waals surface area contributed by atoms with Crippen molar-refractivity contribution in [1.29, 1.82) is 0 Å². The second-order valence-corrected chi connectivity index (χ2v) is 6.73. The standard InChI is InChI=1S/C19H31FN4O2.HI/c1-14(24-8-9-25-13-15(24)2)11-22-19(21-4)23-12-16(3)26-18-7-5-6-17(20)10-18;/h5-7,10,14-16H,8-9,11-13H2,1-4H3,(H2,21,22,23);1H. The minimum atomic E-state index is -0.300. The Morgan fingerprint density at radius 1 is 1.37 bits per heavy atom. The monoisotopic (exact) mass is 494 g/mol. The van der Waals surface area contributed by atoms with E-state index in [9.17, 15) is 4.39 Å². The maximum Gasteiger partial charge on any atom is 0.191 e. The highest BCUT2D eigenvalue weighted by atomic mass is 127. The summed E-state index contributed by atoms with van der Waals surface area (Å²) in [6, 6.07) is 6.98. The largest absolute Gasteiger partial charge is 0.489 e. The zero-order valence-electron chi connectivity index (χ0n) is 16.6. The van der Waals surface area contributed by atoms with E-state index in [2.05, 4.69) is 34.4 Å². The summed E-state index contributed by atoms with van der Waals surface area (Å²) < 4.78 is 24.4. The maximum absolute atomic E-state index is 13.2. The van der Waals surface area contributed by atoms with Crippen molar-refractivity contribution < 1.29 is 13.9 Å². The van der Waals surface area contributed by atoms with E-state index < -0.39 is 0 Å². The van der Waals surface area contributed by atoms with Crippen molar-refractivity contribution in [2.24, 2.45) is 4.99 Å². The SMILES string of the molecule is CN=C(NCC(C)Oc1cccc(F)c1)NCC(C)N1CCOCC1C.I. The molecule has 2 N–H and O–H groups in total. The number of morpholine rings is 1. The van der Waals surface area contributed by atoms with Crippen LogP contribution in [-0.2, 0) is 4.74 Å². The molecule has 6 nitrogen and oxygen atoms in total. The summed E-state index contributed by atoms with van der Waals surface area (Å²) in [5, 5.41) is 6.61. The molecule has 0 saturated carbocycles. The van der Waals surface area contributed by atoms with Crippen LogP contribution in [0.15, 0.2) is 29.3 Å². The fourth-order valence-corrected chi connectivity index (χ4v) is 3.03. The Hall–Kier alpha value is -1.13. The average molecular weight is 494 g/mol. The van der Waals surface area contributed by atoms with Gasteiger partial charge in [-0.25, -0.2) is 4.39 Å². The number of hydrogen-bond donors (Lipinski definition) is 2. The van der Waals surface area contributed by atoms with E-state index in [0.717, 1.165) is 32.3 Å². The fraction of sp³-hybridized carbons (Fsp3) is 0.632. The van der Waals surface area contributed by atoms with Gasteiger partial charge in [0.25, 0.3) is 0 Å². The van der Waals surface area contributed by atoms with E-state index >= 15 is 0 Å². The van der Waals surface area contributed by atoms with Crippen LogP contribution in [0, 0.1) is 5.82 Å². The number of nitrogens with one attached hydrogen (secondary N) is 2. The Morgan fingerprint density at radius 2 is 2.11 bits per heavy atom. The smallest absolute Gasteiger partial charge is 0.191 e.